The molecule has 1 rings (SSSR count). The fraction of sp³-hybridized carbons (Fsp3) is 0.500. The molecule has 3 N–H and O–H groups in total. The van der Waals surface area contributed by atoms with Crippen molar-refractivity contribution in [1.29, 1.82) is 0 Å². The van der Waals surface area contributed by atoms with E-state index in [2.05, 4.69) is 38.7 Å². The Hall–Kier alpha value is -1.10. The molecule has 0 amide bonds. The summed E-state index contributed by atoms with van der Waals surface area (Å²) in [6, 6.07) is 6.22. The van der Waals surface area contributed by atoms with Crippen molar-refractivity contribution in [3.63, 3.8) is 0 Å². The minimum Gasteiger partial charge on any atom is -0.496 e. The molecule has 0 radical (unpaired) electrons. The number of hydrazine groups is 1. The van der Waals surface area contributed by atoms with Crippen molar-refractivity contribution in [1.82, 2.24) is 5.43 Å². The highest BCUT2D eigenvalue weighted by molar-refractivity contribution is 5.37. The van der Waals surface area contributed by atoms with Crippen LogP contribution in [0.15, 0.2) is 18.2 Å². The van der Waals surface area contributed by atoms with Gasteiger partial charge in [-0.15, -0.1) is 0 Å². The van der Waals surface area contributed by atoms with E-state index in [0.717, 1.165) is 22.3 Å². The first kappa shape index (κ1) is 13.0. The lowest BCUT2D eigenvalue weighted by molar-refractivity contribution is -0.884. The molecule has 0 aromatic heterocycles. The van der Waals surface area contributed by atoms with Crippen molar-refractivity contribution in [2.75, 3.05) is 28.3 Å². The Morgan fingerprint density at radius 3 is 2.50 bits per heavy atom. The van der Waals surface area contributed by atoms with E-state index in [1.165, 1.54) is 5.56 Å². The Kier molecular flexibility index (Phi) is 4.29. The van der Waals surface area contributed by atoms with E-state index in [1.807, 2.05) is 6.07 Å². The average molecular weight is 224 g/mol. The summed E-state index contributed by atoms with van der Waals surface area (Å²) in [5.74, 6) is 6.23. The zero-order valence-electron chi connectivity index (χ0n) is 10.6. The number of nitrogens with one attached hydrogen (secondary N) is 1. The molecule has 0 bridgehead atoms. The van der Waals surface area contributed by atoms with Crippen LogP contribution in [0, 0.1) is 0 Å². The smallest absolute Gasteiger partial charge is 0.128 e. The molecule has 0 aliphatic rings. The fourth-order valence-electron chi connectivity index (χ4n) is 1.66. The summed E-state index contributed by atoms with van der Waals surface area (Å²) >= 11 is 0. The lowest BCUT2D eigenvalue weighted by Crippen LogP contribution is -2.33. The SMILES string of the molecule is COc1cc(CNN)ccc1C[N+](C)(C)C. The third kappa shape index (κ3) is 3.81. The molecule has 0 saturated carbocycles. The summed E-state index contributed by atoms with van der Waals surface area (Å²) < 4.78 is 6.28. The van der Waals surface area contributed by atoms with Gasteiger partial charge in [0.25, 0.3) is 0 Å². The van der Waals surface area contributed by atoms with Crippen molar-refractivity contribution in [3.8, 4) is 5.75 Å². The van der Waals surface area contributed by atoms with Gasteiger partial charge in [-0.3, -0.25) is 11.3 Å². The normalized spacial score (nSPS) is 11.6. The first-order chi connectivity index (χ1) is 7.46. The van der Waals surface area contributed by atoms with Crippen LogP contribution in [-0.4, -0.2) is 32.7 Å². The van der Waals surface area contributed by atoms with Crippen molar-refractivity contribution in [3.05, 3.63) is 29.3 Å². The van der Waals surface area contributed by atoms with Gasteiger partial charge in [-0.25, -0.2) is 0 Å². The number of benzene rings is 1. The lowest BCUT2D eigenvalue weighted by atomic mass is 10.1. The van der Waals surface area contributed by atoms with Crippen LogP contribution in [0.5, 0.6) is 5.75 Å². The monoisotopic (exact) mass is 224 g/mol. The molecule has 1 aromatic rings. The highest BCUT2D eigenvalue weighted by atomic mass is 16.5. The number of ether oxygens (including phenoxy) is 1. The van der Waals surface area contributed by atoms with E-state index in [4.69, 9.17) is 10.6 Å². The molecule has 0 atom stereocenters. The predicted octanol–water partition coefficient (Wildman–Crippen LogP) is 0.865. The number of hydrogen-bond donors (Lipinski definition) is 2. The van der Waals surface area contributed by atoms with Crippen LogP contribution < -0.4 is 16.0 Å². The largest absolute Gasteiger partial charge is 0.496 e. The Balaban J connectivity index is 2.93. The standard InChI is InChI=1S/C12H22N3O/c1-15(2,3)9-11-6-5-10(8-14-13)7-12(11)16-4/h5-7,14H,8-9,13H2,1-4H3/q+1. The fourth-order valence-corrected chi connectivity index (χ4v) is 1.66. The topological polar surface area (TPSA) is 47.3 Å². The van der Waals surface area contributed by atoms with Gasteiger partial charge >= 0.3 is 0 Å². The van der Waals surface area contributed by atoms with Gasteiger partial charge in [0.05, 0.1) is 28.3 Å². The molecule has 16 heavy (non-hydrogen) atoms. The van der Waals surface area contributed by atoms with E-state index in [0.29, 0.717) is 6.54 Å². The number of hydrogen-bond acceptors (Lipinski definition) is 3. The number of nitrogens with two attached hydrogens (primary N) is 1. The Labute approximate surface area is 97.6 Å². The van der Waals surface area contributed by atoms with E-state index >= 15 is 0 Å². The molecule has 0 saturated heterocycles. The van der Waals surface area contributed by atoms with Crippen molar-refractivity contribution >= 4 is 0 Å². The lowest BCUT2D eigenvalue weighted by Gasteiger charge is -2.25. The van der Waals surface area contributed by atoms with Gasteiger partial charge in [-0.2, -0.15) is 0 Å². The minimum atomic E-state index is 0.654. The zero-order chi connectivity index (χ0) is 12.2. The second kappa shape index (κ2) is 5.30. The van der Waals surface area contributed by atoms with Gasteiger partial charge in [0.15, 0.2) is 0 Å². The second-order valence-electron chi connectivity index (χ2n) is 4.98. The second-order valence-corrected chi connectivity index (χ2v) is 4.98. The molecule has 0 unspecified atom stereocenters. The molecular weight excluding hydrogens is 202 g/mol. The molecule has 4 nitrogen and oxygen atoms in total. The number of quaternary nitrogens is 1. The third-order valence-electron chi connectivity index (χ3n) is 2.30. The predicted molar refractivity (Wildman–Crippen MR) is 65.8 cm³/mol. The molecule has 1 aromatic carbocycles. The van der Waals surface area contributed by atoms with Crippen molar-refractivity contribution < 1.29 is 9.22 Å². The average Bonchev–Trinajstić information content (AvgIpc) is 2.18. The Morgan fingerprint density at radius 1 is 1.31 bits per heavy atom. The van der Waals surface area contributed by atoms with Gasteiger partial charge in [0.1, 0.15) is 12.3 Å². The molecule has 0 spiro atoms. The number of nitrogens with zero attached hydrogens (tertiary/aromatic N) is 1. The van der Waals surface area contributed by atoms with Crippen molar-refractivity contribution in [2.45, 2.75) is 13.1 Å². The molecule has 0 fully saturated rings. The summed E-state index contributed by atoms with van der Waals surface area (Å²) in [4.78, 5) is 0. The van der Waals surface area contributed by atoms with Gasteiger partial charge in [-0.1, -0.05) is 6.07 Å². The number of rotatable bonds is 5. The molecule has 4 heteroatoms. The van der Waals surface area contributed by atoms with Gasteiger partial charge in [0, 0.05) is 12.1 Å². The summed E-state index contributed by atoms with van der Waals surface area (Å²) in [5, 5.41) is 0. The molecule has 0 aliphatic heterocycles. The molecule has 0 aliphatic carbocycles. The van der Waals surface area contributed by atoms with Gasteiger partial charge in [-0.05, 0) is 17.7 Å². The summed E-state index contributed by atoms with van der Waals surface area (Å²) in [5.41, 5.74) is 4.99. The van der Waals surface area contributed by atoms with Crippen molar-refractivity contribution in [2.24, 2.45) is 5.84 Å². The first-order valence-electron chi connectivity index (χ1n) is 5.36. The van der Waals surface area contributed by atoms with Crippen LogP contribution in [-0.2, 0) is 13.1 Å². The number of methoxy groups -OCH3 is 1. The van der Waals surface area contributed by atoms with Gasteiger partial charge in [0.2, 0.25) is 0 Å². The van der Waals surface area contributed by atoms with Crippen LogP contribution in [0.1, 0.15) is 11.1 Å². The summed E-state index contributed by atoms with van der Waals surface area (Å²) in [7, 11) is 8.19. The van der Waals surface area contributed by atoms with Crippen LogP contribution in [0.2, 0.25) is 0 Å². The first-order valence-corrected chi connectivity index (χ1v) is 5.36. The van der Waals surface area contributed by atoms with Crippen LogP contribution >= 0.6 is 0 Å². The Morgan fingerprint density at radius 2 is 2.00 bits per heavy atom. The van der Waals surface area contributed by atoms with Crippen LogP contribution in [0.4, 0.5) is 0 Å². The quantitative estimate of drug-likeness (QED) is 0.443. The van der Waals surface area contributed by atoms with E-state index in [-0.39, 0.29) is 0 Å². The summed E-state index contributed by atoms with van der Waals surface area (Å²) in [6.45, 7) is 1.60. The van der Waals surface area contributed by atoms with E-state index < -0.39 is 0 Å². The van der Waals surface area contributed by atoms with E-state index in [1.54, 1.807) is 7.11 Å². The Bertz CT molecular complexity index is 345. The molecular formula is C12H22N3O+. The van der Waals surface area contributed by atoms with Crippen LogP contribution in [0.25, 0.3) is 0 Å². The highest BCUT2D eigenvalue weighted by Gasteiger charge is 2.13. The maximum Gasteiger partial charge on any atom is 0.128 e. The van der Waals surface area contributed by atoms with Crippen LogP contribution in [0.3, 0.4) is 0 Å². The maximum absolute atomic E-state index is 5.40. The highest BCUT2D eigenvalue weighted by Crippen LogP contribution is 2.22. The zero-order valence-corrected chi connectivity index (χ0v) is 10.6. The maximum atomic E-state index is 5.40. The van der Waals surface area contributed by atoms with Gasteiger partial charge < -0.3 is 9.22 Å². The minimum absolute atomic E-state index is 0.654. The third-order valence-corrected chi connectivity index (χ3v) is 2.30. The van der Waals surface area contributed by atoms with E-state index in [9.17, 15) is 0 Å². The molecule has 90 valence electrons. The molecule has 0 heterocycles. The summed E-state index contributed by atoms with van der Waals surface area (Å²) in [6.07, 6.45) is 0.